The van der Waals surface area contributed by atoms with Crippen LogP contribution in [-0.2, 0) is 4.79 Å². The lowest BCUT2D eigenvalue weighted by molar-refractivity contribution is -0.141. The number of hydrogen-bond donors (Lipinski definition) is 1. The van der Waals surface area contributed by atoms with Crippen LogP contribution in [0.25, 0.3) is 0 Å². The Balaban J connectivity index is 2.09. The second-order valence-corrected chi connectivity index (χ2v) is 4.52. The Morgan fingerprint density at radius 2 is 2.24 bits per heavy atom. The summed E-state index contributed by atoms with van der Waals surface area (Å²) in [6.07, 6.45) is 0.647. The van der Waals surface area contributed by atoms with Gasteiger partial charge in [0.25, 0.3) is 0 Å². The molecule has 1 aliphatic heterocycles. The standard InChI is InChI=1S/C13H16FNO2/c1-9(11-4-2-3-5-12(11)14)15-7-6-10(8-15)13(16)17/h2-5,9-10H,6-8H2,1H3,(H,16,17)/t9-,10+/m0/s1. The quantitative estimate of drug-likeness (QED) is 0.876. The Kier molecular flexibility index (Phi) is 3.43. The summed E-state index contributed by atoms with van der Waals surface area (Å²) in [5, 5.41) is 8.94. The molecule has 0 aromatic heterocycles. The van der Waals surface area contributed by atoms with E-state index in [0.717, 1.165) is 0 Å². The molecule has 1 aromatic rings. The molecule has 2 rings (SSSR count). The molecule has 0 spiro atoms. The summed E-state index contributed by atoms with van der Waals surface area (Å²) in [5.74, 6) is -1.30. The number of carboxylic acids is 1. The Hall–Kier alpha value is -1.42. The average molecular weight is 237 g/mol. The molecular formula is C13H16FNO2. The largest absolute Gasteiger partial charge is 0.481 e. The van der Waals surface area contributed by atoms with Gasteiger partial charge in [-0.2, -0.15) is 0 Å². The summed E-state index contributed by atoms with van der Waals surface area (Å²) < 4.78 is 13.6. The fourth-order valence-electron chi connectivity index (χ4n) is 2.35. The Morgan fingerprint density at radius 3 is 2.82 bits per heavy atom. The molecule has 0 aliphatic carbocycles. The van der Waals surface area contributed by atoms with Gasteiger partial charge in [-0.1, -0.05) is 18.2 Å². The van der Waals surface area contributed by atoms with Crippen LogP contribution in [0, 0.1) is 11.7 Å². The Morgan fingerprint density at radius 1 is 1.53 bits per heavy atom. The van der Waals surface area contributed by atoms with Crippen LogP contribution in [0.2, 0.25) is 0 Å². The number of nitrogens with zero attached hydrogens (tertiary/aromatic N) is 1. The van der Waals surface area contributed by atoms with E-state index in [4.69, 9.17) is 5.11 Å². The zero-order valence-electron chi connectivity index (χ0n) is 9.77. The van der Waals surface area contributed by atoms with Gasteiger partial charge in [-0.05, 0) is 26.0 Å². The number of aliphatic carboxylic acids is 1. The van der Waals surface area contributed by atoms with Gasteiger partial charge in [-0.25, -0.2) is 4.39 Å². The summed E-state index contributed by atoms with van der Waals surface area (Å²) in [6, 6.07) is 6.60. The van der Waals surface area contributed by atoms with Gasteiger partial charge in [0.2, 0.25) is 0 Å². The van der Waals surface area contributed by atoms with Crippen molar-refractivity contribution in [1.82, 2.24) is 4.90 Å². The summed E-state index contributed by atoms with van der Waals surface area (Å²) in [4.78, 5) is 12.9. The normalized spacial score (nSPS) is 22.6. The van der Waals surface area contributed by atoms with E-state index in [-0.39, 0.29) is 17.8 Å². The van der Waals surface area contributed by atoms with Crippen LogP contribution in [0.3, 0.4) is 0 Å². The highest BCUT2D eigenvalue weighted by Gasteiger charge is 2.31. The zero-order valence-corrected chi connectivity index (χ0v) is 9.77. The third-order valence-corrected chi connectivity index (χ3v) is 3.47. The smallest absolute Gasteiger partial charge is 0.307 e. The summed E-state index contributed by atoms with van der Waals surface area (Å²) in [7, 11) is 0. The molecule has 1 aromatic carbocycles. The first-order valence-electron chi connectivity index (χ1n) is 5.81. The van der Waals surface area contributed by atoms with Crippen LogP contribution in [0.4, 0.5) is 4.39 Å². The minimum absolute atomic E-state index is 0.0689. The molecule has 1 aliphatic rings. The van der Waals surface area contributed by atoms with Crippen molar-refractivity contribution in [3.63, 3.8) is 0 Å². The van der Waals surface area contributed by atoms with Crippen LogP contribution in [0.1, 0.15) is 24.9 Å². The number of benzene rings is 1. The molecule has 2 atom stereocenters. The molecule has 17 heavy (non-hydrogen) atoms. The molecule has 1 heterocycles. The van der Waals surface area contributed by atoms with Gasteiger partial charge in [0.05, 0.1) is 5.92 Å². The number of carboxylic acid groups (broad SMARTS) is 1. The van der Waals surface area contributed by atoms with E-state index in [1.807, 2.05) is 11.8 Å². The van der Waals surface area contributed by atoms with E-state index < -0.39 is 5.97 Å². The predicted molar refractivity (Wildman–Crippen MR) is 62.1 cm³/mol. The van der Waals surface area contributed by atoms with E-state index in [1.54, 1.807) is 18.2 Å². The van der Waals surface area contributed by atoms with Crippen molar-refractivity contribution in [1.29, 1.82) is 0 Å². The van der Waals surface area contributed by atoms with Crippen LogP contribution in [-0.4, -0.2) is 29.1 Å². The van der Waals surface area contributed by atoms with Crippen LogP contribution < -0.4 is 0 Å². The molecule has 0 saturated carbocycles. The molecule has 0 amide bonds. The highest BCUT2D eigenvalue weighted by Crippen LogP contribution is 2.28. The Labute approximate surface area is 99.9 Å². The van der Waals surface area contributed by atoms with Crippen molar-refractivity contribution in [2.24, 2.45) is 5.92 Å². The molecule has 0 radical (unpaired) electrons. The Bertz CT molecular complexity index is 422. The highest BCUT2D eigenvalue weighted by molar-refractivity contribution is 5.70. The molecular weight excluding hydrogens is 221 g/mol. The second-order valence-electron chi connectivity index (χ2n) is 4.52. The topological polar surface area (TPSA) is 40.5 Å². The number of halogens is 1. The van der Waals surface area contributed by atoms with Crippen molar-refractivity contribution >= 4 is 5.97 Å². The number of hydrogen-bond acceptors (Lipinski definition) is 2. The van der Waals surface area contributed by atoms with E-state index in [1.165, 1.54) is 6.07 Å². The number of rotatable bonds is 3. The van der Waals surface area contributed by atoms with E-state index in [2.05, 4.69) is 0 Å². The van der Waals surface area contributed by atoms with Gasteiger partial charge in [0.1, 0.15) is 5.82 Å². The first kappa shape index (κ1) is 12.0. The molecule has 1 saturated heterocycles. The molecule has 0 bridgehead atoms. The fraction of sp³-hybridized carbons (Fsp3) is 0.462. The van der Waals surface area contributed by atoms with Gasteiger partial charge >= 0.3 is 5.97 Å². The number of likely N-dealkylation sites (tertiary alicyclic amines) is 1. The summed E-state index contributed by atoms with van der Waals surface area (Å²) >= 11 is 0. The molecule has 4 heteroatoms. The first-order valence-corrected chi connectivity index (χ1v) is 5.81. The van der Waals surface area contributed by atoms with Crippen molar-refractivity contribution in [2.45, 2.75) is 19.4 Å². The van der Waals surface area contributed by atoms with Crippen molar-refractivity contribution < 1.29 is 14.3 Å². The zero-order chi connectivity index (χ0) is 12.4. The van der Waals surface area contributed by atoms with Crippen LogP contribution in [0.15, 0.2) is 24.3 Å². The molecule has 1 N–H and O–H groups in total. The van der Waals surface area contributed by atoms with Crippen molar-refractivity contribution in [2.75, 3.05) is 13.1 Å². The minimum atomic E-state index is -0.756. The SMILES string of the molecule is C[C@@H](c1ccccc1F)N1CC[C@@H](C(=O)O)C1. The first-order chi connectivity index (χ1) is 8.09. The van der Waals surface area contributed by atoms with Crippen molar-refractivity contribution in [3.8, 4) is 0 Å². The second kappa shape index (κ2) is 4.84. The highest BCUT2D eigenvalue weighted by atomic mass is 19.1. The lowest BCUT2D eigenvalue weighted by atomic mass is 10.1. The maximum atomic E-state index is 13.6. The lowest BCUT2D eigenvalue weighted by Crippen LogP contribution is -2.26. The average Bonchev–Trinajstić information content (AvgIpc) is 2.78. The van der Waals surface area contributed by atoms with E-state index >= 15 is 0 Å². The van der Waals surface area contributed by atoms with Gasteiger partial charge in [-0.3, -0.25) is 9.69 Å². The maximum Gasteiger partial charge on any atom is 0.307 e. The third-order valence-electron chi connectivity index (χ3n) is 3.47. The maximum absolute atomic E-state index is 13.6. The van der Waals surface area contributed by atoms with Gasteiger partial charge < -0.3 is 5.11 Å². The van der Waals surface area contributed by atoms with Crippen molar-refractivity contribution in [3.05, 3.63) is 35.6 Å². The summed E-state index contributed by atoms with van der Waals surface area (Å²) in [5.41, 5.74) is 0.638. The van der Waals surface area contributed by atoms with Crippen LogP contribution in [0.5, 0.6) is 0 Å². The summed E-state index contributed by atoms with van der Waals surface area (Å²) in [6.45, 7) is 3.14. The van der Waals surface area contributed by atoms with Gasteiger partial charge in [-0.15, -0.1) is 0 Å². The monoisotopic (exact) mass is 237 g/mol. The van der Waals surface area contributed by atoms with E-state index in [0.29, 0.717) is 25.1 Å². The lowest BCUT2D eigenvalue weighted by Gasteiger charge is -2.24. The molecule has 1 fully saturated rings. The molecule has 3 nitrogen and oxygen atoms in total. The third kappa shape index (κ3) is 2.47. The molecule has 92 valence electrons. The van der Waals surface area contributed by atoms with E-state index in [9.17, 15) is 9.18 Å². The number of carbonyl (C=O) groups is 1. The molecule has 0 unspecified atom stereocenters. The predicted octanol–water partition coefficient (Wildman–Crippen LogP) is 2.29. The fourth-order valence-corrected chi connectivity index (χ4v) is 2.35. The van der Waals surface area contributed by atoms with Crippen LogP contribution >= 0.6 is 0 Å². The van der Waals surface area contributed by atoms with Gasteiger partial charge in [0.15, 0.2) is 0 Å². The minimum Gasteiger partial charge on any atom is -0.481 e. The van der Waals surface area contributed by atoms with Gasteiger partial charge in [0, 0.05) is 18.2 Å².